The summed E-state index contributed by atoms with van der Waals surface area (Å²) in [5.41, 5.74) is 2.32. The maximum atomic E-state index is 9.97. The van der Waals surface area contributed by atoms with Crippen LogP contribution < -0.4 is 0 Å². The Hall–Kier alpha value is -1.15. The third-order valence-electron chi connectivity index (χ3n) is 6.15. The first-order chi connectivity index (χ1) is 12.8. The number of hydrogen-bond donors (Lipinski definition) is 2. The second-order valence-corrected chi connectivity index (χ2v) is 10.0. The summed E-state index contributed by atoms with van der Waals surface area (Å²) in [5.74, 6) is 1.31. The van der Waals surface area contributed by atoms with Crippen molar-refractivity contribution in [2.75, 3.05) is 13.1 Å². The van der Waals surface area contributed by atoms with E-state index in [2.05, 4.69) is 28.7 Å². The van der Waals surface area contributed by atoms with E-state index in [0.717, 1.165) is 28.4 Å². The number of thiazole rings is 1. The molecule has 6 nitrogen and oxygen atoms in total. The van der Waals surface area contributed by atoms with E-state index < -0.39 is 12.2 Å². The van der Waals surface area contributed by atoms with Gasteiger partial charge in [0.05, 0.1) is 22.9 Å². The van der Waals surface area contributed by atoms with Crippen molar-refractivity contribution in [3.8, 4) is 0 Å². The number of hydrogen-bond acceptors (Lipinski definition) is 7. The molecule has 0 amide bonds. The van der Waals surface area contributed by atoms with Crippen molar-refractivity contribution in [1.29, 1.82) is 0 Å². The first-order valence-electron chi connectivity index (χ1n) is 10.0. The Morgan fingerprint density at radius 2 is 1.81 bits per heavy atom. The smallest absolute Gasteiger partial charge is 0.147 e. The van der Waals surface area contributed by atoms with Gasteiger partial charge in [-0.15, -0.1) is 0 Å². The zero-order valence-corrected chi connectivity index (χ0v) is 17.3. The Morgan fingerprint density at radius 1 is 1.07 bits per heavy atom. The lowest BCUT2D eigenvalue weighted by Gasteiger charge is -2.33. The maximum absolute atomic E-state index is 9.97. The van der Waals surface area contributed by atoms with Crippen LogP contribution in [0.1, 0.15) is 68.4 Å². The van der Waals surface area contributed by atoms with Crippen LogP contribution in [0.15, 0.2) is 0 Å². The standard InChI is InChI=1S/C20H30N4O2S/c1-12-21-14(10-24-9-6-15(25)16(26)11-24)17-19(22-12)27-18(23-17)13-4-7-20(2,3)8-5-13/h13,15-16,25-26H,4-11H2,1-3H3/t15-,16-/m1/s1. The number of aliphatic hydroxyl groups excluding tert-OH is 2. The van der Waals surface area contributed by atoms with E-state index in [-0.39, 0.29) is 0 Å². The Balaban J connectivity index is 1.57. The molecule has 1 saturated carbocycles. The summed E-state index contributed by atoms with van der Waals surface area (Å²) in [6.07, 6.45) is 4.19. The molecule has 148 valence electrons. The molecule has 27 heavy (non-hydrogen) atoms. The minimum absolute atomic E-state index is 0.453. The summed E-state index contributed by atoms with van der Waals surface area (Å²) in [6.45, 7) is 8.53. The second kappa shape index (κ2) is 7.35. The quantitative estimate of drug-likeness (QED) is 0.838. The van der Waals surface area contributed by atoms with Crippen LogP contribution in [0.5, 0.6) is 0 Å². The van der Waals surface area contributed by atoms with Crippen LogP contribution in [0.25, 0.3) is 10.3 Å². The van der Waals surface area contributed by atoms with E-state index in [1.165, 1.54) is 30.7 Å². The lowest BCUT2D eigenvalue weighted by molar-refractivity contribution is -0.0405. The fraction of sp³-hybridized carbons (Fsp3) is 0.750. The number of piperidine rings is 1. The van der Waals surface area contributed by atoms with Crippen molar-refractivity contribution in [2.24, 2.45) is 5.41 Å². The monoisotopic (exact) mass is 390 g/mol. The number of aryl methyl sites for hydroxylation is 1. The van der Waals surface area contributed by atoms with Gasteiger partial charge in [0.15, 0.2) is 0 Å². The summed E-state index contributed by atoms with van der Waals surface area (Å²) in [4.78, 5) is 17.4. The van der Waals surface area contributed by atoms with Crippen LogP contribution >= 0.6 is 11.3 Å². The van der Waals surface area contributed by atoms with E-state index in [9.17, 15) is 10.2 Å². The van der Waals surface area contributed by atoms with Gasteiger partial charge >= 0.3 is 0 Å². The summed E-state index contributed by atoms with van der Waals surface area (Å²) >= 11 is 1.73. The van der Waals surface area contributed by atoms with E-state index in [1.807, 2.05) is 6.92 Å². The minimum atomic E-state index is -0.686. The van der Waals surface area contributed by atoms with E-state index in [1.54, 1.807) is 11.3 Å². The minimum Gasteiger partial charge on any atom is -0.390 e. The molecule has 0 radical (unpaired) electrons. The van der Waals surface area contributed by atoms with Gasteiger partial charge in [-0.05, 0) is 44.4 Å². The van der Waals surface area contributed by atoms with Crippen LogP contribution in [-0.4, -0.2) is 55.4 Å². The zero-order chi connectivity index (χ0) is 19.2. The summed E-state index contributed by atoms with van der Waals surface area (Å²) in [6, 6.07) is 0. The highest BCUT2D eigenvalue weighted by Crippen LogP contribution is 2.44. The molecule has 1 aliphatic carbocycles. The van der Waals surface area contributed by atoms with Gasteiger partial charge in [0.2, 0.25) is 0 Å². The third kappa shape index (κ3) is 4.16. The summed E-state index contributed by atoms with van der Waals surface area (Å²) in [7, 11) is 0. The molecule has 7 heteroatoms. The lowest BCUT2D eigenvalue weighted by Crippen LogP contribution is -2.46. The highest BCUT2D eigenvalue weighted by atomic mass is 32.1. The van der Waals surface area contributed by atoms with Gasteiger partial charge in [-0.2, -0.15) is 0 Å². The topological polar surface area (TPSA) is 82.4 Å². The number of aromatic nitrogens is 3. The summed E-state index contributed by atoms with van der Waals surface area (Å²) < 4.78 is 0. The zero-order valence-electron chi connectivity index (χ0n) is 16.5. The highest BCUT2D eigenvalue weighted by Gasteiger charge is 2.30. The van der Waals surface area contributed by atoms with Crippen molar-refractivity contribution in [3.63, 3.8) is 0 Å². The molecule has 2 atom stereocenters. The molecule has 4 rings (SSSR count). The first kappa shape index (κ1) is 19.2. The maximum Gasteiger partial charge on any atom is 0.147 e. The van der Waals surface area contributed by atoms with E-state index in [4.69, 9.17) is 4.98 Å². The number of aliphatic hydroxyl groups is 2. The van der Waals surface area contributed by atoms with Crippen LogP contribution in [0, 0.1) is 12.3 Å². The molecule has 0 unspecified atom stereocenters. The largest absolute Gasteiger partial charge is 0.390 e. The van der Waals surface area contributed by atoms with Crippen molar-refractivity contribution in [2.45, 2.75) is 77.5 Å². The molecular formula is C20H30N4O2S. The fourth-order valence-electron chi connectivity index (χ4n) is 4.28. The van der Waals surface area contributed by atoms with Crippen molar-refractivity contribution < 1.29 is 10.2 Å². The molecule has 2 aromatic rings. The van der Waals surface area contributed by atoms with Crippen LogP contribution in [-0.2, 0) is 6.54 Å². The van der Waals surface area contributed by atoms with Gasteiger partial charge in [0.1, 0.15) is 16.2 Å². The lowest BCUT2D eigenvalue weighted by atomic mass is 9.73. The van der Waals surface area contributed by atoms with Gasteiger partial charge < -0.3 is 10.2 Å². The first-order valence-corrected chi connectivity index (χ1v) is 10.8. The summed E-state index contributed by atoms with van der Waals surface area (Å²) in [5, 5.41) is 20.9. The highest BCUT2D eigenvalue weighted by molar-refractivity contribution is 7.18. The third-order valence-corrected chi connectivity index (χ3v) is 7.26. The molecule has 2 aliphatic rings. The SMILES string of the molecule is Cc1nc(CN2CC[C@@H](O)[C@H](O)C2)c2nc(C3CCC(C)(C)CC3)sc2n1. The normalized spacial score (nSPS) is 27.3. The van der Waals surface area contributed by atoms with Crippen LogP contribution in [0.2, 0.25) is 0 Å². The molecule has 1 aliphatic heterocycles. The fourth-order valence-corrected chi connectivity index (χ4v) is 5.46. The van der Waals surface area contributed by atoms with Crippen LogP contribution in [0.3, 0.4) is 0 Å². The molecule has 2 aromatic heterocycles. The molecular weight excluding hydrogens is 360 g/mol. The van der Waals surface area contributed by atoms with E-state index >= 15 is 0 Å². The van der Waals surface area contributed by atoms with Crippen molar-refractivity contribution >= 4 is 21.7 Å². The second-order valence-electron chi connectivity index (χ2n) is 9.02. The molecule has 2 N–H and O–H groups in total. The average molecular weight is 391 g/mol. The Kier molecular flexibility index (Phi) is 5.22. The average Bonchev–Trinajstić information content (AvgIpc) is 3.02. The van der Waals surface area contributed by atoms with Gasteiger partial charge in [-0.25, -0.2) is 15.0 Å². The number of nitrogens with zero attached hydrogens (tertiary/aromatic N) is 4. The molecule has 2 fully saturated rings. The van der Waals surface area contributed by atoms with Gasteiger partial charge in [-0.1, -0.05) is 25.2 Å². The van der Waals surface area contributed by atoms with Gasteiger partial charge in [-0.3, -0.25) is 4.90 Å². The van der Waals surface area contributed by atoms with Crippen molar-refractivity contribution in [1.82, 2.24) is 19.9 Å². The molecule has 0 spiro atoms. The Bertz CT molecular complexity index is 812. The van der Waals surface area contributed by atoms with E-state index in [0.29, 0.717) is 30.8 Å². The molecule has 0 aromatic carbocycles. The number of likely N-dealkylation sites (tertiary alicyclic amines) is 1. The van der Waals surface area contributed by atoms with Crippen LogP contribution in [0.4, 0.5) is 0 Å². The van der Waals surface area contributed by atoms with Gasteiger partial charge in [0.25, 0.3) is 0 Å². The number of fused-ring (bicyclic) bond motifs is 1. The van der Waals surface area contributed by atoms with Gasteiger partial charge in [0, 0.05) is 25.6 Å². The van der Waals surface area contributed by atoms with Crippen molar-refractivity contribution in [3.05, 3.63) is 16.5 Å². The predicted octanol–water partition coefficient (Wildman–Crippen LogP) is 3.01. The Labute approximate surface area is 164 Å². The number of rotatable bonds is 3. The molecule has 0 bridgehead atoms. The molecule has 1 saturated heterocycles. The predicted molar refractivity (Wildman–Crippen MR) is 107 cm³/mol. The molecule has 3 heterocycles. The Morgan fingerprint density at radius 3 is 2.52 bits per heavy atom. The number of β-amino-alcohol motifs (C(OH)–C–C–N with tert-alkyl or cyclic N) is 1.